The summed E-state index contributed by atoms with van der Waals surface area (Å²) in [4.78, 5) is 16.6. The summed E-state index contributed by atoms with van der Waals surface area (Å²) in [6.07, 6.45) is 4.58. The van der Waals surface area contributed by atoms with Gasteiger partial charge in [-0.15, -0.1) is 0 Å². The Bertz CT molecular complexity index is 1440. The van der Waals surface area contributed by atoms with E-state index in [0.29, 0.717) is 13.1 Å². The largest absolute Gasteiger partial charge is 0.772 e. The van der Waals surface area contributed by atoms with Crippen LogP contribution in [-0.2, 0) is 34.7 Å². The lowest BCUT2D eigenvalue weighted by Gasteiger charge is -2.21. The zero-order valence-electron chi connectivity index (χ0n) is 20.1. The number of carbonyl (C=O) groups is 1. The summed E-state index contributed by atoms with van der Waals surface area (Å²) in [5.74, 6) is 0.0377. The summed E-state index contributed by atoms with van der Waals surface area (Å²) < 4.78 is 21.7. The molecule has 2 unspecified atom stereocenters. The van der Waals surface area contributed by atoms with Crippen LogP contribution in [0.15, 0.2) is 91.1 Å². The average Bonchev–Trinajstić information content (AvgIpc) is 2.93. The summed E-state index contributed by atoms with van der Waals surface area (Å²) in [5, 5.41) is 6.53. The second-order valence-corrected chi connectivity index (χ2v) is 9.80. The number of fused-ring (bicyclic) bond motifs is 1. The second kappa shape index (κ2) is 11.4. The Balaban J connectivity index is 1.34. The van der Waals surface area contributed by atoms with Crippen molar-refractivity contribution in [3.8, 4) is 22.4 Å². The fourth-order valence-corrected chi connectivity index (χ4v) is 4.90. The minimum atomic E-state index is -2.08. The number of nitrogens with one attached hydrogen (secondary N) is 2. The number of carbonyl (C=O) groups excluding carboxylic acids is 1. The lowest BCUT2D eigenvalue weighted by Crippen LogP contribution is -2.21. The highest BCUT2D eigenvalue weighted by atomic mass is 32.2. The van der Waals surface area contributed by atoms with E-state index in [-0.39, 0.29) is 5.75 Å². The van der Waals surface area contributed by atoms with Gasteiger partial charge in [0.15, 0.2) is 0 Å². The summed E-state index contributed by atoms with van der Waals surface area (Å²) in [7, 11) is 0. The highest BCUT2D eigenvalue weighted by Gasteiger charge is 2.21. The van der Waals surface area contributed by atoms with Crippen molar-refractivity contribution in [2.45, 2.75) is 24.9 Å². The minimum Gasteiger partial charge on any atom is -0.772 e. The predicted molar refractivity (Wildman–Crippen MR) is 146 cm³/mol. The molecule has 0 saturated carbocycles. The summed E-state index contributed by atoms with van der Waals surface area (Å²) in [5.41, 5.74) is 8.60. The van der Waals surface area contributed by atoms with Crippen molar-refractivity contribution in [3.05, 3.63) is 119 Å². The van der Waals surface area contributed by atoms with E-state index in [0.717, 1.165) is 56.6 Å². The number of hydrogen-bond donors (Lipinski definition) is 2. The lowest BCUT2D eigenvalue weighted by molar-refractivity contribution is -0.109. The number of pyridine rings is 1. The monoisotopic (exact) mass is 508 g/mol. The first-order chi connectivity index (χ1) is 18.1. The van der Waals surface area contributed by atoms with Gasteiger partial charge in [-0.1, -0.05) is 89.9 Å². The van der Waals surface area contributed by atoms with E-state index in [1.807, 2.05) is 48.5 Å². The molecule has 1 aromatic heterocycles. The van der Waals surface area contributed by atoms with Gasteiger partial charge in [-0.05, 0) is 40.6 Å². The standard InChI is InChI=1S/C30H27N3O3S/c34-19-29-27-16-26(24-4-2-1-3-5-24)30(33-28(27)14-15-32-29)25-12-10-22(11-13-25)18-31-17-21-6-8-23(9-7-21)20-37(35)36/h1-16,19,29,31-32H,17-18,20H2,(H,35,36)/p-1. The normalized spacial score (nSPS) is 15.0. The van der Waals surface area contributed by atoms with Crippen molar-refractivity contribution in [1.29, 1.82) is 0 Å². The van der Waals surface area contributed by atoms with Crippen LogP contribution in [0.1, 0.15) is 34.0 Å². The molecule has 0 radical (unpaired) electrons. The van der Waals surface area contributed by atoms with Gasteiger partial charge < -0.3 is 20.0 Å². The third-order valence-corrected chi connectivity index (χ3v) is 6.92. The first-order valence-electron chi connectivity index (χ1n) is 12.0. The second-order valence-electron chi connectivity index (χ2n) is 8.90. The van der Waals surface area contributed by atoms with E-state index in [4.69, 9.17) is 4.98 Å². The van der Waals surface area contributed by atoms with Crippen molar-refractivity contribution in [3.63, 3.8) is 0 Å². The molecule has 0 saturated heterocycles. The SMILES string of the molecule is O=CC1NC=Cc2nc(-c3ccc(CNCc4ccc(CS(=O)[O-])cc4)cc3)c(-c3ccccc3)cc21. The minimum absolute atomic E-state index is 0.0377. The maximum absolute atomic E-state index is 11.6. The maximum atomic E-state index is 11.6. The van der Waals surface area contributed by atoms with Crippen LogP contribution in [0, 0.1) is 0 Å². The van der Waals surface area contributed by atoms with Crippen molar-refractivity contribution in [2.75, 3.05) is 0 Å². The van der Waals surface area contributed by atoms with E-state index in [9.17, 15) is 13.6 Å². The first-order valence-corrected chi connectivity index (χ1v) is 13.3. The number of nitrogens with zero attached hydrogens (tertiary/aromatic N) is 1. The van der Waals surface area contributed by atoms with Crippen LogP contribution in [0.2, 0.25) is 0 Å². The molecule has 2 atom stereocenters. The molecular formula is C30H26N3O3S-. The molecule has 5 rings (SSSR count). The summed E-state index contributed by atoms with van der Waals surface area (Å²) in [6, 6.07) is 27.7. The molecular weight excluding hydrogens is 482 g/mol. The molecule has 0 bridgehead atoms. The molecule has 1 aliphatic heterocycles. The fraction of sp³-hybridized carbons (Fsp3) is 0.133. The Morgan fingerprint density at radius 1 is 0.892 bits per heavy atom. The van der Waals surface area contributed by atoms with Crippen molar-refractivity contribution in [1.82, 2.24) is 15.6 Å². The van der Waals surface area contributed by atoms with Crippen molar-refractivity contribution < 1.29 is 13.6 Å². The molecule has 3 aromatic carbocycles. The number of hydrogen-bond acceptors (Lipinski definition) is 6. The molecule has 0 fully saturated rings. The van der Waals surface area contributed by atoms with E-state index < -0.39 is 17.1 Å². The van der Waals surface area contributed by atoms with Gasteiger partial charge in [0.1, 0.15) is 12.3 Å². The van der Waals surface area contributed by atoms with Crippen LogP contribution >= 0.6 is 0 Å². The van der Waals surface area contributed by atoms with Gasteiger partial charge in [0.25, 0.3) is 0 Å². The number of rotatable bonds is 9. The van der Waals surface area contributed by atoms with Gasteiger partial charge in [-0.2, -0.15) is 0 Å². The maximum Gasteiger partial charge on any atom is 0.146 e. The molecule has 0 amide bonds. The van der Waals surface area contributed by atoms with Gasteiger partial charge in [-0.3, -0.25) is 4.21 Å². The van der Waals surface area contributed by atoms with Gasteiger partial charge in [0.05, 0.1) is 11.4 Å². The molecule has 186 valence electrons. The van der Waals surface area contributed by atoms with Crippen molar-refractivity contribution >= 4 is 23.4 Å². The van der Waals surface area contributed by atoms with Gasteiger partial charge in [0, 0.05) is 35.5 Å². The Labute approximate surface area is 218 Å². The quantitative estimate of drug-likeness (QED) is 0.247. The Hall–Kier alpha value is -3.91. The Kier molecular flexibility index (Phi) is 7.65. The molecule has 2 heterocycles. The molecule has 6 nitrogen and oxygen atoms in total. The zero-order chi connectivity index (χ0) is 25.6. The molecule has 2 N–H and O–H groups in total. The van der Waals surface area contributed by atoms with Crippen LogP contribution in [0.3, 0.4) is 0 Å². The molecule has 7 heteroatoms. The van der Waals surface area contributed by atoms with E-state index in [2.05, 4.69) is 53.1 Å². The zero-order valence-corrected chi connectivity index (χ0v) is 20.9. The number of aromatic nitrogens is 1. The number of benzene rings is 3. The highest BCUT2D eigenvalue weighted by Crippen LogP contribution is 2.35. The smallest absolute Gasteiger partial charge is 0.146 e. The molecule has 0 spiro atoms. The first kappa shape index (κ1) is 24.8. The summed E-state index contributed by atoms with van der Waals surface area (Å²) in [6.45, 7) is 1.39. The van der Waals surface area contributed by atoms with Crippen LogP contribution in [0.25, 0.3) is 28.5 Å². The van der Waals surface area contributed by atoms with Crippen LogP contribution in [0.5, 0.6) is 0 Å². The van der Waals surface area contributed by atoms with Crippen LogP contribution in [-0.4, -0.2) is 20.0 Å². The fourth-order valence-electron chi connectivity index (χ4n) is 4.44. The van der Waals surface area contributed by atoms with Crippen LogP contribution in [0.4, 0.5) is 0 Å². The van der Waals surface area contributed by atoms with Gasteiger partial charge in [0.2, 0.25) is 0 Å². The highest BCUT2D eigenvalue weighted by molar-refractivity contribution is 7.78. The van der Waals surface area contributed by atoms with E-state index in [1.165, 1.54) is 0 Å². The Morgan fingerprint density at radius 3 is 2.19 bits per heavy atom. The molecule has 37 heavy (non-hydrogen) atoms. The average molecular weight is 509 g/mol. The van der Waals surface area contributed by atoms with Gasteiger partial charge >= 0.3 is 0 Å². The molecule has 0 aliphatic carbocycles. The molecule has 4 aromatic rings. The molecule has 1 aliphatic rings. The van der Waals surface area contributed by atoms with Gasteiger partial charge in [-0.25, -0.2) is 4.98 Å². The summed E-state index contributed by atoms with van der Waals surface area (Å²) >= 11 is -2.08. The number of aldehydes is 1. The topological polar surface area (TPSA) is 94.2 Å². The van der Waals surface area contributed by atoms with Crippen molar-refractivity contribution in [2.24, 2.45) is 0 Å². The van der Waals surface area contributed by atoms with E-state index >= 15 is 0 Å². The predicted octanol–water partition coefficient (Wildman–Crippen LogP) is 4.90. The third-order valence-electron chi connectivity index (χ3n) is 6.35. The Morgan fingerprint density at radius 2 is 1.54 bits per heavy atom. The van der Waals surface area contributed by atoms with E-state index in [1.54, 1.807) is 6.20 Å². The third kappa shape index (κ3) is 5.91. The van der Waals surface area contributed by atoms with Crippen LogP contribution < -0.4 is 10.6 Å². The lowest BCUT2D eigenvalue weighted by atomic mass is 9.93.